The molecule has 1 aliphatic rings. The zero-order valence-corrected chi connectivity index (χ0v) is 20.9. The molecular formula is C31H29NO3S. The van der Waals surface area contributed by atoms with Crippen LogP contribution in [-0.4, -0.2) is 25.3 Å². The Bertz CT molecular complexity index is 1710. The summed E-state index contributed by atoms with van der Waals surface area (Å²) >= 11 is 0. The van der Waals surface area contributed by atoms with Gasteiger partial charge in [-0.15, -0.1) is 0 Å². The summed E-state index contributed by atoms with van der Waals surface area (Å²) in [5.41, 5.74) is 5.15. The quantitative estimate of drug-likeness (QED) is 0.147. The molecule has 5 aromatic rings. The summed E-state index contributed by atoms with van der Waals surface area (Å²) < 4.78 is 31.6. The first-order valence-corrected chi connectivity index (χ1v) is 14.2. The van der Waals surface area contributed by atoms with Crippen molar-refractivity contribution in [1.82, 2.24) is 0 Å². The molecule has 182 valence electrons. The fraction of sp³-hybridized carbons (Fsp3) is 0.226. The van der Waals surface area contributed by atoms with Crippen LogP contribution in [0.4, 0.5) is 5.69 Å². The number of hydrogen-bond donors (Lipinski definition) is 2. The van der Waals surface area contributed by atoms with Crippen molar-refractivity contribution in [2.24, 2.45) is 0 Å². The Kier molecular flexibility index (Phi) is 5.90. The predicted molar refractivity (Wildman–Crippen MR) is 150 cm³/mol. The summed E-state index contributed by atoms with van der Waals surface area (Å²) in [6.07, 6.45) is 3.62. The highest BCUT2D eigenvalue weighted by Crippen LogP contribution is 2.44. The molecule has 5 aromatic carbocycles. The normalized spacial score (nSPS) is 15.9. The standard InChI is InChI=1S/C31H29NO3S/c33-36(34,35)20-6-19-32-31-24-10-4-2-8-22(24)14-16-30(31)26-12-5-11-25-28-15-13-21-7-1-3-9-23(21)27(28)17-18-29(25)26/h1-4,7-10,13-18,26,32H,5-6,11-12,19-20H2,(H,33,34,35). The molecule has 1 unspecified atom stereocenters. The maximum atomic E-state index is 11.2. The zero-order chi connectivity index (χ0) is 24.7. The van der Waals surface area contributed by atoms with E-state index in [1.165, 1.54) is 38.2 Å². The van der Waals surface area contributed by atoms with E-state index in [0.29, 0.717) is 13.0 Å². The lowest BCUT2D eigenvalue weighted by atomic mass is 9.76. The van der Waals surface area contributed by atoms with E-state index in [0.717, 1.165) is 35.7 Å². The van der Waals surface area contributed by atoms with E-state index in [4.69, 9.17) is 4.55 Å². The Labute approximate surface area is 211 Å². The topological polar surface area (TPSA) is 66.4 Å². The number of hydrogen-bond acceptors (Lipinski definition) is 3. The molecule has 36 heavy (non-hydrogen) atoms. The van der Waals surface area contributed by atoms with E-state index < -0.39 is 10.1 Å². The van der Waals surface area contributed by atoms with E-state index in [9.17, 15) is 8.42 Å². The van der Waals surface area contributed by atoms with E-state index in [1.807, 2.05) is 12.1 Å². The minimum Gasteiger partial charge on any atom is -0.384 e. The second-order valence-corrected chi connectivity index (χ2v) is 11.3. The number of anilines is 1. The van der Waals surface area contributed by atoms with Crippen molar-refractivity contribution in [3.63, 3.8) is 0 Å². The lowest BCUT2D eigenvalue weighted by molar-refractivity contribution is 0.481. The van der Waals surface area contributed by atoms with E-state index in [-0.39, 0.29) is 11.7 Å². The first-order valence-electron chi connectivity index (χ1n) is 12.6. The van der Waals surface area contributed by atoms with Crippen LogP contribution in [0.3, 0.4) is 0 Å². The third-order valence-corrected chi connectivity index (χ3v) is 8.39. The van der Waals surface area contributed by atoms with Gasteiger partial charge in [0.15, 0.2) is 0 Å². The highest BCUT2D eigenvalue weighted by Gasteiger charge is 2.26. The van der Waals surface area contributed by atoms with Gasteiger partial charge in [-0.2, -0.15) is 8.42 Å². The van der Waals surface area contributed by atoms with Gasteiger partial charge in [0.05, 0.1) is 5.75 Å². The highest BCUT2D eigenvalue weighted by atomic mass is 32.2. The number of fused-ring (bicyclic) bond motifs is 6. The van der Waals surface area contributed by atoms with Crippen molar-refractivity contribution in [3.8, 4) is 0 Å². The molecule has 1 atom stereocenters. The monoisotopic (exact) mass is 495 g/mol. The number of aryl methyl sites for hydroxylation is 1. The van der Waals surface area contributed by atoms with E-state index in [2.05, 4.69) is 78.1 Å². The predicted octanol–water partition coefficient (Wildman–Crippen LogP) is 7.30. The second-order valence-electron chi connectivity index (χ2n) is 9.78. The molecule has 0 spiro atoms. The molecule has 0 saturated carbocycles. The van der Waals surface area contributed by atoms with Gasteiger partial charge in [-0.25, -0.2) is 0 Å². The summed E-state index contributed by atoms with van der Waals surface area (Å²) in [4.78, 5) is 0. The summed E-state index contributed by atoms with van der Waals surface area (Å²) in [7, 11) is -3.97. The Balaban J connectivity index is 1.46. The van der Waals surface area contributed by atoms with Gasteiger partial charge >= 0.3 is 0 Å². The van der Waals surface area contributed by atoms with Gasteiger partial charge in [0.25, 0.3) is 10.1 Å². The van der Waals surface area contributed by atoms with Crippen LogP contribution >= 0.6 is 0 Å². The van der Waals surface area contributed by atoms with Crippen molar-refractivity contribution in [1.29, 1.82) is 0 Å². The lowest BCUT2D eigenvalue weighted by Crippen LogP contribution is -2.15. The Morgan fingerprint density at radius 3 is 2.22 bits per heavy atom. The van der Waals surface area contributed by atoms with Crippen molar-refractivity contribution in [3.05, 3.63) is 102 Å². The average Bonchev–Trinajstić information content (AvgIpc) is 2.89. The first-order chi connectivity index (χ1) is 17.5. The summed E-state index contributed by atoms with van der Waals surface area (Å²) in [6.45, 7) is 0.476. The minimum absolute atomic E-state index is 0.244. The molecule has 0 heterocycles. The fourth-order valence-electron chi connectivity index (χ4n) is 5.98. The van der Waals surface area contributed by atoms with E-state index in [1.54, 1.807) is 0 Å². The summed E-state index contributed by atoms with van der Waals surface area (Å²) in [5.74, 6) is 0.0186. The smallest absolute Gasteiger partial charge is 0.264 e. The third kappa shape index (κ3) is 4.23. The van der Waals surface area contributed by atoms with Gasteiger partial charge < -0.3 is 5.32 Å². The SMILES string of the molecule is O=S(=O)(O)CCCNc1c(C2CCCc3c2ccc2c3ccc3ccccc32)ccc2ccccc12. The Hall–Kier alpha value is -3.41. The molecule has 1 aliphatic carbocycles. The zero-order valence-electron chi connectivity index (χ0n) is 20.1. The molecule has 0 aromatic heterocycles. The van der Waals surface area contributed by atoms with Crippen LogP contribution in [0.15, 0.2) is 84.9 Å². The van der Waals surface area contributed by atoms with Crippen LogP contribution in [0.5, 0.6) is 0 Å². The van der Waals surface area contributed by atoms with Crippen molar-refractivity contribution in [2.75, 3.05) is 17.6 Å². The second kappa shape index (κ2) is 9.23. The first kappa shape index (κ1) is 23.0. The van der Waals surface area contributed by atoms with Crippen LogP contribution in [0.1, 0.15) is 41.9 Å². The van der Waals surface area contributed by atoms with Crippen molar-refractivity contribution >= 4 is 48.1 Å². The lowest BCUT2D eigenvalue weighted by Gasteiger charge is -2.30. The Morgan fingerprint density at radius 1 is 0.750 bits per heavy atom. The molecule has 0 fully saturated rings. The maximum Gasteiger partial charge on any atom is 0.264 e. The Morgan fingerprint density at radius 2 is 1.42 bits per heavy atom. The van der Waals surface area contributed by atoms with Crippen LogP contribution in [0.25, 0.3) is 32.3 Å². The molecule has 0 radical (unpaired) electrons. The van der Waals surface area contributed by atoms with Crippen molar-refractivity contribution in [2.45, 2.75) is 31.6 Å². The molecule has 6 rings (SSSR count). The average molecular weight is 496 g/mol. The molecule has 0 bridgehead atoms. The van der Waals surface area contributed by atoms with Gasteiger partial charge in [-0.05, 0) is 69.3 Å². The minimum atomic E-state index is -3.97. The third-order valence-electron chi connectivity index (χ3n) is 7.59. The molecule has 0 saturated heterocycles. The number of nitrogens with one attached hydrogen (secondary N) is 1. The summed E-state index contributed by atoms with van der Waals surface area (Å²) in [5, 5.41) is 11.1. The number of benzene rings is 5. The maximum absolute atomic E-state index is 11.2. The van der Waals surface area contributed by atoms with Crippen LogP contribution < -0.4 is 5.32 Å². The van der Waals surface area contributed by atoms with Gasteiger partial charge in [0, 0.05) is 23.5 Å². The molecule has 0 aliphatic heterocycles. The summed E-state index contributed by atoms with van der Waals surface area (Å²) in [6, 6.07) is 30.5. The van der Waals surface area contributed by atoms with Gasteiger partial charge in [-0.3, -0.25) is 4.55 Å². The molecule has 5 heteroatoms. The fourth-order valence-corrected chi connectivity index (χ4v) is 6.49. The van der Waals surface area contributed by atoms with Gasteiger partial charge in [0.1, 0.15) is 0 Å². The van der Waals surface area contributed by atoms with Crippen LogP contribution in [-0.2, 0) is 16.5 Å². The molecular weight excluding hydrogens is 466 g/mol. The molecule has 2 N–H and O–H groups in total. The number of rotatable bonds is 6. The molecule has 0 amide bonds. The largest absolute Gasteiger partial charge is 0.384 e. The van der Waals surface area contributed by atoms with Crippen LogP contribution in [0.2, 0.25) is 0 Å². The highest BCUT2D eigenvalue weighted by molar-refractivity contribution is 7.85. The van der Waals surface area contributed by atoms with Crippen molar-refractivity contribution < 1.29 is 13.0 Å². The van der Waals surface area contributed by atoms with Gasteiger partial charge in [0.2, 0.25) is 0 Å². The van der Waals surface area contributed by atoms with E-state index >= 15 is 0 Å². The van der Waals surface area contributed by atoms with Crippen LogP contribution in [0, 0.1) is 0 Å². The molecule has 4 nitrogen and oxygen atoms in total. The van der Waals surface area contributed by atoms with Gasteiger partial charge in [-0.1, -0.05) is 84.9 Å².